The molecule has 0 fully saturated rings. The lowest BCUT2D eigenvalue weighted by Gasteiger charge is -2.07. The lowest BCUT2D eigenvalue weighted by molar-refractivity contribution is -0.115. The van der Waals surface area contributed by atoms with Gasteiger partial charge in [-0.15, -0.1) is 11.3 Å². The summed E-state index contributed by atoms with van der Waals surface area (Å²) in [6, 6.07) is 12.8. The number of carbonyl (C=O) groups excluding carboxylic acids is 1. The summed E-state index contributed by atoms with van der Waals surface area (Å²) < 4.78 is 13.9. The largest absolute Gasteiger partial charge is 0.323 e. The van der Waals surface area contributed by atoms with Crippen LogP contribution in [0.2, 0.25) is 0 Å². The van der Waals surface area contributed by atoms with Crippen LogP contribution in [0.15, 0.2) is 42.5 Å². The minimum Gasteiger partial charge on any atom is -0.323 e. The van der Waals surface area contributed by atoms with Crippen LogP contribution in [0.5, 0.6) is 0 Å². The molecule has 1 aromatic heterocycles. The third-order valence-corrected chi connectivity index (χ3v) is 4.82. The van der Waals surface area contributed by atoms with Crippen LogP contribution in [-0.4, -0.2) is 10.9 Å². The van der Waals surface area contributed by atoms with Gasteiger partial charge in [-0.2, -0.15) is 0 Å². The monoisotopic (exact) mass is 354 g/mol. The molecule has 3 rings (SSSR count). The van der Waals surface area contributed by atoms with E-state index in [2.05, 4.69) is 10.3 Å². The zero-order chi connectivity index (χ0) is 18.0. The van der Waals surface area contributed by atoms with Crippen LogP contribution in [0.4, 0.5) is 10.1 Å². The molecule has 128 valence electrons. The van der Waals surface area contributed by atoms with E-state index in [0.717, 1.165) is 26.7 Å². The lowest BCUT2D eigenvalue weighted by atomic mass is 10.1. The van der Waals surface area contributed by atoms with Gasteiger partial charge < -0.3 is 5.32 Å². The maximum absolute atomic E-state index is 13.9. The van der Waals surface area contributed by atoms with Crippen LogP contribution in [0.25, 0.3) is 11.3 Å². The van der Waals surface area contributed by atoms with Crippen molar-refractivity contribution in [2.45, 2.75) is 27.2 Å². The Kier molecular flexibility index (Phi) is 4.95. The van der Waals surface area contributed by atoms with Crippen molar-refractivity contribution in [3.05, 3.63) is 69.3 Å². The van der Waals surface area contributed by atoms with Gasteiger partial charge in [-0.05, 0) is 38.5 Å². The number of carbonyl (C=O) groups is 1. The van der Waals surface area contributed by atoms with Crippen molar-refractivity contribution in [1.29, 1.82) is 0 Å². The Labute approximate surface area is 150 Å². The molecule has 0 aliphatic carbocycles. The summed E-state index contributed by atoms with van der Waals surface area (Å²) in [4.78, 5) is 17.8. The van der Waals surface area contributed by atoms with E-state index in [0.29, 0.717) is 0 Å². The Morgan fingerprint density at radius 3 is 2.44 bits per heavy atom. The Bertz CT molecular complexity index is 916. The average molecular weight is 354 g/mol. The normalized spacial score (nSPS) is 10.7. The fraction of sp³-hybridized carbons (Fsp3) is 0.200. The number of amides is 1. The highest BCUT2D eigenvalue weighted by Gasteiger charge is 2.16. The molecule has 0 aliphatic rings. The first-order chi connectivity index (χ1) is 11.9. The molecule has 0 aliphatic heterocycles. The highest BCUT2D eigenvalue weighted by atomic mass is 32.1. The standard InChI is InChI=1S/C20H19FN2OS/c1-12-4-7-15(8-5-12)20-18(25-14(3)22-20)11-19(24)23-17-9-6-13(2)10-16(17)21/h4-10H,11H2,1-3H3,(H,23,24). The zero-order valence-corrected chi connectivity index (χ0v) is 15.2. The van der Waals surface area contributed by atoms with Crippen molar-refractivity contribution in [2.24, 2.45) is 0 Å². The van der Waals surface area contributed by atoms with Crippen LogP contribution in [0.1, 0.15) is 21.0 Å². The van der Waals surface area contributed by atoms with Crippen LogP contribution in [-0.2, 0) is 11.2 Å². The van der Waals surface area contributed by atoms with E-state index in [4.69, 9.17) is 0 Å². The molecular weight excluding hydrogens is 335 g/mol. The van der Waals surface area contributed by atoms with E-state index in [9.17, 15) is 9.18 Å². The smallest absolute Gasteiger partial charge is 0.229 e. The van der Waals surface area contributed by atoms with Crippen molar-refractivity contribution < 1.29 is 9.18 Å². The molecule has 1 heterocycles. The van der Waals surface area contributed by atoms with Gasteiger partial charge in [-0.25, -0.2) is 9.37 Å². The minimum atomic E-state index is -0.424. The second-order valence-corrected chi connectivity index (χ2v) is 7.37. The van der Waals surface area contributed by atoms with Crippen molar-refractivity contribution in [3.63, 3.8) is 0 Å². The molecule has 1 N–H and O–H groups in total. The number of hydrogen-bond acceptors (Lipinski definition) is 3. The lowest BCUT2D eigenvalue weighted by Crippen LogP contribution is -2.15. The van der Waals surface area contributed by atoms with Gasteiger partial charge in [-0.1, -0.05) is 35.9 Å². The second kappa shape index (κ2) is 7.15. The number of nitrogens with one attached hydrogen (secondary N) is 1. The van der Waals surface area contributed by atoms with Crippen LogP contribution in [0, 0.1) is 26.6 Å². The van der Waals surface area contributed by atoms with Gasteiger partial charge in [-0.3, -0.25) is 4.79 Å². The first-order valence-electron chi connectivity index (χ1n) is 8.02. The van der Waals surface area contributed by atoms with Gasteiger partial charge in [0.1, 0.15) is 5.82 Å². The van der Waals surface area contributed by atoms with Gasteiger partial charge in [0.15, 0.2) is 0 Å². The first kappa shape index (κ1) is 17.3. The van der Waals surface area contributed by atoms with E-state index in [1.54, 1.807) is 12.1 Å². The number of rotatable bonds is 4. The Balaban J connectivity index is 1.81. The average Bonchev–Trinajstić information content (AvgIpc) is 2.91. The number of aromatic nitrogens is 1. The van der Waals surface area contributed by atoms with Crippen molar-refractivity contribution in [2.75, 3.05) is 5.32 Å². The molecule has 0 atom stereocenters. The minimum absolute atomic E-state index is 0.169. The Hall–Kier alpha value is -2.53. The number of benzene rings is 2. The summed E-state index contributed by atoms with van der Waals surface area (Å²) in [6.07, 6.45) is 0.169. The summed E-state index contributed by atoms with van der Waals surface area (Å²) in [5.74, 6) is -0.674. The number of halogens is 1. The number of thiazole rings is 1. The van der Waals surface area contributed by atoms with E-state index >= 15 is 0 Å². The fourth-order valence-electron chi connectivity index (χ4n) is 2.59. The summed E-state index contributed by atoms with van der Waals surface area (Å²) in [5, 5.41) is 3.55. The maximum Gasteiger partial charge on any atom is 0.229 e. The number of nitrogens with zero attached hydrogens (tertiary/aromatic N) is 1. The summed E-state index contributed by atoms with van der Waals surface area (Å²) in [6.45, 7) is 5.76. The van der Waals surface area contributed by atoms with Crippen LogP contribution in [0.3, 0.4) is 0 Å². The van der Waals surface area contributed by atoms with Gasteiger partial charge in [0, 0.05) is 10.4 Å². The predicted molar refractivity (Wildman–Crippen MR) is 100 cm³/mol. The summed E-state index contributed by atoms with van der Waals surface area (Å²) in [5.41, 5.74) is 4.00. The SMILES string of the molecule is Cc1ccc(-c2nc(C)sc2CC(=O)Nc2ccc(C)cc2F)cc1. The van der Waals surface area contributed by atoms with Crippen molar-refractivity contribution in [1.82, 2.24) is 4.98 Å². The predicted octanol–water partition coefficient (Wildman–Crippen LogP) is 5.06. The topological polar surface area (TPSA) is 42.0 Å². The van der Waals surface area contributed by atoms with E-state index in [1.807, 2.05) is 45.0 Å². The van der Waals surface area contributed by atoms with Gasteiger partial charge in [0.25, 0.3) is 0 Å². The van der Waals surface area contributed by atoms with E-state index in [1.165, 1.54) is 23.0 Å². The summed E-state index contributed by atoms with van der Waals surface area (Å²) in [7, 11) is 0. The molecule has 0 saturated heterocycles. The molecular formula is C20H19FN2OS. The van der Waals surface area contributed by atoms with E-state index in [-0.39, 0.29) is 18.0 Å². The zero-order valence-electron chi connectivity index (χ0n) is 14.4. The molecule has 3 aromatic rings. The number of hydrogen-bond donors (Lipinski definition) is 1. The highest BCUT2D eigenvalue weighted by molar-refractivity contribution is 7.12. The molecule has 5 heteroatoms. The van der Waals surface area contributed by atoms with Crippen LogP contribution < -0.4 is 5.32 Å². The van der Waals surface area contributed by atoms with Crippen molar-refractivity contribution >= 4 is 22.9 Å². The number of aryl methyl sites for hydroxylation is 3. The van der Waals surface area contributed by atoms with Crippen LogP contribution >= 0.6 is 11.3 Å². The molecule has 0 spiro atoms. The molecule has 3 nitrogen and oxygen atoms in total. The number of anilines is 1. The Morgan fingerprint density at radius 2 is 1.76 bits per heavy atom. The first-order valence-corrected chi connectivity index (χ1v) is 8.83. The molecule has 0 unspecified atom stereocenters. The third kappa shape index (κ3) is 4.12. The molecule has 2 aromatic carbocycles. The molecule has 0 radical (unpaired) electrons. The molecule has 25 heavy (non-hydrogen) atoms. The third-order valence-electron chi connectivity index (χ3n) is 3.85. The van der Waals surface area contributed by atoms with E-state index < -0.39 is 5.82 Å². The quantitative estimate of drug-likeness (QED) is 0.712. The highest BCUT2D eigenvalue weighted by Crippen LogP contribution is 2.29. The summed E-state index contributed by atoms with van der Waals surface area (Å²) >= 11 is 1.49. The molecule has 1 amide bonds. The maximum atomic E-state index is 13.9. The molecule has 0 bridgehead atoms. The van der Waals surface area contributed by atoms with Crippen molar-refractivity contribution in [3.8, 4) is 11.3 Å². The van der Waals surface area contributed by atoms with Gasteiger partial charge in [0.2, 0.25) is 5.91 Å². The van der Waals surface area contributed by atoms with Gasteiger partial charge in [0.05, 0.1) is 22.8 Å². The fourth-order valence-corrected chi connectivity index (χ4v) is 3.54. The van der Waals surface area contributed by atoms with Gasteiger partial charge >= 0.3 is 0 Å². The molecule has 0 saturated carbocycles. The Morgan fingerprint density at radius 1 is 1.08 bits per heavy atom. The second-order valence-electron chi connectivity index (χ2n) is 6.08.